The van der Waals surface area contributed by atoms with Crippen molar-refractivity contribution in [2.75, 3.05) is 31.1 Å². The Hall–Kier alpha value is -1.27. The molecule has 0 bridgehead atoms. The number of aliphatic hydroxyl groups is 1. The first-order chi connectivity index (χ1) is 10.2. The van der Waals surface area contributed by atoms with Gasteiger partial charge in [0.2, 0.25) is 0 Å². The highest BCUT2D eigenvalue weighted by Gasteiger charge is 2.31. The number of guanidine groups is 1. The number of nitrogens with zero attached hydrogens (tertiary/aromatic N) is 2. The van der Waals surface area contributed by atoms with Crippen LogP contribution in [0.1, 0.15) is 19.0 Å². The van der Waals surface area contributed by atoms with Crippen molar-refractivity contribution in [1.82, 2.24) is 15.6 Å². The summed E-state index contributed by atoms with van der Waals surface area (Å²) in [7, 11) is 0. The first-order valence-corrected chi connectivity index (χ1v) is 8.59. The normalized spacial score (nSPS) is 22.3. The minimum atomic E-state index is -0.631. The molecule has 1 aliphatic rings. The van der Waals surface area contributed by atoms with Gasteiger partial charge in [-0.2, -0.15) is 11.8 Å². The van der Waals surface area contributed by atoms with Crippen LogP contribution >= 0.6 is 11.8 Å². The second kappa shape index (κ2) is 8.24. The second-order valence-corrected chi connectivity index (χ2v) is 6.33. The van der Waals surface area contributed by atoms with Gasteiger partial charge in [-0.05, 0) is 31.2 Å². The molecule has 1 aromatic heterocycles. The lowest BCUT2D eigenvalue weighted by Gasteiger charge is -2.19. The van der Waals surface area contributed by atoms with Crippen molar-refractivity contribution in [2.24, 2.45) is 4.99 Å². The van der Waals surface area contributed by atoms with Crippen LogP contribution in [0.4, 0.5) is 0 Å². The Morgan fingerprint density at radius 1 is 1.48 bits per heavy atom. The molecule has 1 aliphatic heterocycles. The monoisotopic (exact) mass is 308 g/mol. The van der Waals surface area contributed by atoms with Crippen molar-refractivity contribution in [3.8, 4) is 0 Å². The number of hydrogen-bond donors (Lipinski definition) is 3. The molecule has 0 aliphatic carbocycles. The molecular formula is C15H24N4OS. The van der Waals surface area contributed by atoms with Gasteiger partial charge in [0.05, 0.1) is 12.1 Å². The van der Waals surface area contributed by atoms with Gasteiger partial charge in [-0.1, -0.05) is 6.07 Å². The third kappa shape index (κ3) is 5.55. The Morgan fingerprint density at radius 3 is 3.05 bits per heavy atom. The maximum Gasteiger partial charge on any atom is 0.191 e. The lowest BCUT2D eigenvalue weighted by atomic mass is 10.1. The molecule has 1 atom stereocenters. The average Bonchev–Trinajstić information content (AvgIpc) is 2.93. The Bertz CT molecular complexity index is 446. The van der Waals surface area contributed by atoms with Gasteiger partial charge in [-0.3, -0.25) is 9.98 Å². The van der Waals surface area contributed by atoms with E-state index in [-0.39, 0.29) is 0 Å². The van der Waals surface area contributed by atoms with E-state index in [4.69, 9.17) is 0 Å². The largest absolute Gasteiger partial charge is 0.387 e. The van der Waals surface area contributed by atoms with Gasteiger partial charge in [0.15, 0.2) is 5.96 Å². The molecular weight excluding hydrogens is 284 g/mol. The Morgan fingerprint density at radius 2 is 2.38 bits per heavy atom. The van der Waals surface area contributed by atoms with Crippen LogP contribution in [-0.4, -0.2) is 52.8 Å². The summed E-state index contributed by atoms with van der Waals surface area (Å²) < 4.78 is 0. The van der Waals surface area contributed by atoms with E-state index in [0.717, 1.165) is 49.1 Å². The molecule has 1 saturated heterocycles. The fourth-order valence-corrected chi connectivity index (χ4v) is 3.43. The van der Waals surface area contributed by atoms with Crippen LogP contribution in [0.25, 0.3) is 0 Å². The molecule has 21 heavy (non-hydrogen) atoms. The van der Waals surface area contributed by atoms with Gasteiger partial charge in [0, 0.05) is 37.2 Å². The Labute approximate surface area is 130 Å². The van der Waals surface area contributed by atoms with E-state index in [9.17, 15) is 5.11 Å². The molecule has 1 fully saturated rings. The van der Waals surface area contributed by atoms with Gasteiger partial charge < -0.3 is 15.7 Å². The summed E-state index contributed by atoms with van der Waals surface area (Å²) in [6.07, 6.45) is 3.49. The number of nitrogens with one attached hydrogen (secondary N) is 2. The third-order valence-corrected chi connectivity index (χ3v) is 4.59. The first kappa shape index (κ1) is 16.1. The van der Waals surface area contributed by atoms with E-state index in [2.05, 4.69) is 20.6 Å². The molecule has 0 aromatic carbocycles. The minimum absolute atomic E-state index is 0.457. The summed E-state index contributed by atoms with van der Waals surface area (Å²) in [6.45, 7) is 4.08. The molecule has 0 radical (unpaired) electrons. The van der Waals surface area contributed by atoms with Crippen LogP contribution in [0.2, 0.25) is 0 Å². The maximum absolute atomic E-state index is 10.3. The summed E-state index contributed by atoms with van der Waals surface area (Å²) in [4.78, 5) is 8.81. The van der Waals surface area contributed by atoms with Gasteiger partial charge in [0.1, 0.15) is 0 Å². The molecule has 3 N–H and O–H groups in total. The highest BCUT2D eigenvalue weighted by Crippen LogP contribution is 2.27. The van der Waals surface area contributed by atoms with Crippen LogP contribution in [0.15, 0.2) is 29.4 Å². The Kier molecular flexibility index (Phi) is 6.32. The third-order valence-electron chi connectivity index (χ3n) is 3.36. The number of hydrogen-bond acceptors (Lipinski definition) is 4. The molecule has 0 spiro atoms. The van der Waals surface area contributed by atoms with Crippen molar-refractivity contribution >= 4 is 17.7 Å². The quantitative estimate of drug-likeness (QED) is 0.541. The SMILES string of the molecule is CCNC(=NCC1(O)CCSC1)NCCc1ccccn1. The molecule has 1 unspecified atom stereocenters. The molecule has 0 saturated carbocycles. The zero-order chi connectivity index (χ0) is 15.0. The van der Waals surface area contributed by atoms with Crippen molar-refractivity contribution < 1.29 is 5.11 Å². The molecule has 2 heterocycles. The van der Waals surface area contributed by atoms with Crippen LogP contribution < -0.4 is 10.6 Å². The standard InChI is InChI=1S/C15H24N4OS/c1-2-16-14(19-11-15(20)7-10-21-12-15)18-9-6-13-5-3-4-8-17-13/h3-5,8,20H,2,6-7,9-12H2,1H3,(H2,16,18,19). The fraction of sp³-hybridized carbons (Fsp3) is 0.600. The molecule has 6 heteroatoms. The van der Waals surface area contributed by atoms with Gasteiger partial charge >= 0.3 is 0 Å². The Balaban J connectivity index is 1.80. The van der Waals surface area contributed by atoms with Crippen LogP contribution in [-0.2, 0) is 6.42 Å². The fourth-order valence-electron chi connectivity index (χ4n) is 2.14. The van der Waals surface area contributed by atoms with E-state index < -0.39 is 5.60 Å². The molecule has 1 aromatic rings. The zero-order valence-electron chi connectivity index (χ0n) is 12.5. The minimum Gasteiger partial charge on any atom is -0.387 e. The lowest BCUT2D eigenvalue weighted by Crippen LogP contribution is -2.40. The summed E-state index contributed by atoms with van der Waals surface area (Å²) in [5.41, 5.74) is 0.431. The van der Waals surface area contributed by atoms with E-state index in [1.165, 1.54) is 0 Å². The molecule has 2 rings (SSSR count). The van der Waals surface area contributed by atoms with E-state index in [1.54, 1.807) is 11.8 Å². The van der Waals surface area contributed by atoms with E-state index >= 15 is 0 Å². The maximum atomic E-state index is 10.3. The number of rotatable bonds is 6. The van der Waals surface area contributed by atoms with Gasteiger partial charge in [-0.25, -0.2) is 0 Å². The van der Waals surface area contributed by atoms with Crippen molar-refractivity contribution in [1.29, 1.82) is 0 Å². The second-order valence-electron chi connectivity index (χ2n) is 5.22. The van der Waals surface area contributed by atoms with E-state index in [0.29, 0.717) is 6.54 Å². The summed E-state index contributed by atoms with van der Waals surface area (Å²) in [5.74, 6) is 2.57. The smallest absolute Gasteiger partial charge is 0.191 e. The van der Waals surface area contributed by atoms with Gasteiger partial charge in [-0.15, -0.1) is 0 Å². The lowest BCUT2D eigenvalue weighted by molar-refractivity contribution is 0.0778. The summed E-state index contributed by atoms with van der Waals surface area (Å²) in [6, 6.07) is 5.93. The predicted octanol–water partition coefficient (Wildman–Crippen LogP) is 1.05. The first-order valence-electron chi connectivity index (χ1n) is 7.44. The van der Waals surface area contributed by atoms with Crippen LogP contribution in [0, 0.1) is 0 Å². The topological polar surface area (TPSA) is 69.5 Å². The molecule has 5 nitrogen and oxygen atoms in total. The highest BCUT2D eigenvalue weighted by molar-refractivity contribution is 7.99. The molecule has 116 valence electrons. The van der Waals surface area contributed by atoms with Crippen molar-refractivity contribution in [3.63, 3.8) is 0 Å². The highest BCUT2D eigenvalue weighted by atomic mass is 32.2. The molecule has 0 amide bonds. The number of aromatic nitrogens is 1. The van der Waals surface area contributed by atoms with E-state index in [1.807, 2.05) is 31.3 Å². The number of thioether (sulfide) groups is 1. The summed E-state index contributed by atoms with van der Waals surface area (Å²) >= 11 is 1.79. The number of aliphatic imine (C=N–C) groups is 1. The average molecular weight is 308 g/mol. The zero-order valence-corrected chi connectivity index (χ0v) is 13.3. The number of pyridine rings is 1. The van der Waals surface area contributed by atoms with Crippen molar-refractivity contribution in [3.05, 3.63) is 30.1 Å². The van der Waals surface area contributed by atoms with Crippen LogP contribution in [0.5, 0.6) is 0 Å². The summed E-state index contributed by atoms with van der Waals surface area (Å²) in [5, 5.41) is 16.8. The van der Waals surface area contributed by atoms with Gasteiger partial charge in [0.25, 0.3) is 0 Å². The van der Waals surface area contributed by atoms with Crippen molar-refractivity contribution in [2.45, 2.75) is 25.4 Å². The van der Waals surface area contributed by atoms with Crippen LogP contribution in [0.3, 0.4) is 0 Å². The predicted molar refractivity (Wildman–Crippen MR) is 88.8 cm³/mol.